The molecule has 0 aliphatic rings. The topological polar surface area (TPSA) is 46.5 Å². The molecular weight excluding hydrogens is 126 g/mol. The highest BCUT2D eigenvalue weighted by Crippen LogP contribution is 1.80. The zero-order valence-electron chi connectivity index (χ0n) is 4.79. The van der Waals surface area contributed by atoms with Gasteiger partial charge in [0.1, 0.15) is 9.84 Å². The first-order valence-corrected chi connectivity index (χ1v) is 4.22. The number of nitrogens with zero attached hydrogens (tertiary/aromatic N) is 1. The highest BCUT2D eigenvalue weighted by Gasteiger charge is 1.97. The first kappa shape index (κ1) is 7.62. The fraction of sp³-hybridized carbons (Fsp3) is 0.750. The van der Waals surface area contributed by atoms with Crippen LogP contribution in [-0.4, -0.2) is 33.7 Å². The van der Waals surface area contributed by atoms with E-state index in [-0.39, 0.29) is 5.75 Å². The third-order valence-electron chi connectivity index (χ3n) is 0.620. The molecule has 4 heteroatoms. The lowest BCUT2D eigenvalue weighted by molar-refractivity contribution is 0.602. The van der Waals surface area contributed by atoms with Gasteiger partial charge in [-0.15, -0.1) is 0 Å². The molecule has 0 aromatic carbocycles. The van der Waals surface area contributed by atoms with E-state index in [1.165, 1.54) is 6.26 Å². The van der Waals surface area contributed by atoms with Gasteiger partial charge in [0, 0.05) is 6.26 Å². The lowest BCUT2D eigenvalue weighted by Gasteiger charge is -1.88. The molecule has 0 saturated heterocycles. The second kappa shape index (κ2) is 2.81. The summed E-state index contributed by atoms with van der Waals surface area (Å²) in [6.07, 6.45) is 1.18. The van der Waals surface area contributed by atoms with Crippen LogP contribution in [0.3, 0.4) is 0 Å². The molecule has 0 rings (SSSR count). The number of hydrogen-bond donors (Lipinski definition) is 0. The van der Waals surface area contributed by atoms with Crippen molar-refractivity contribution in [1.82, 2.24) is 0 Å². The first-order chi connectivity index (χ1) is 3.56. The largest absolute Gasteiger partial charge is 0.300 e. The normalized spacial score (nSPS) is 11.1. The number of hydrogen-bond acceptors (Lipinski definition) is 3. The Morgan fingerprint density at radius 2 is 2.12 bits per heavy atom. The summed E-state index contributed by atoms with van der Waals surface area (Å²) in [6, 6.07) is 0. The van der Waals surface area contributed by atoms with Gasteiger partial charge in [-0.05, 0) is 6.72 Å². The van der Waals surface area contributed by atoms with Crippen molar-refractivity contribution in [3.63, 3.8) is 0 Å². The first-order valence-electron chi connectivity index (χ1n) is 2.16. The summed E-state index contributed by atoms with van der Waals surface area (Å²) in [4.78, 5) is 3.39. The van der Waals surface area contributed by atoms with Gasteiger partial charge in [-0.3, -0.25) is 4.99 Å². The predicted octanol–water partition coefficient (Wildman–Crippen LogP) is -0.268. The van der Waals surface area contributed by atoms with E-state index in [9.17, 15) is 8.42 Å². The van der Waals surface area contributed by atoms with Gasteiger partial charge >= 0.3 is 0 Å². The van der Waals surface area contributed by atoms with Crippen molar-refractivity contribution in [3.05, 3.63) is 0 Å². The van der Waals surface area contributed by atoms with Crippen molar-refractivity contribution < 1.29 is 8.42 Å². The average molecular weight is 135 g/mol. The Bertz CT molecular complexity index is 159. The van der Waals surface area contributed by atoms with Gasteiger partial charge in [-0.2, -0.15) is 0 Å². The summed E-state index contributed by atoms with van der Waals surface area (Å²) in [6.45, 7) is 3.45. The summed E-state index contributed by atoms with van der Waals surface area (Å²) in [7, 11) is -2.82. The molecule has 0 radical (unpaired) electrons. The van der Waals surface area contributed by atoms with E-state index >= 15 is 0 Å². The number of aliphatic imine (C=N–C) groups is 1. The minimum absolute atomic E-state index is 0.108. The van der Waals surface area contributed by atoms with Crippen molar-refractivity contribution in [1.29, 1.82) is 0 Å². The van der Waals surface area contributed by atoms with E-state index in [1.807, 2.05) is 0 Å². The van der Waals surface area contributed by atoms with Crippen LogP contribution in [0.4, 0.5) is 0 Å². The standard InChI is InChI=1S/C4H9NO2S/c1-5-3-4-8(2,6)7/h1,3-4H2,2H3. The van der Waals surface area contributed by atoms with E-state index in [2.05, 4.69) is 11.7 Å². The molecule has 0 N–H and O–H groups in total. The van der Waals surface area contributed by atoms with Crippen molar-refractivity contribution in [3.8, 4) is 0 Å². The van der Waals surface area contributed by atoms with Crippen molar-refractivity contribution in [2.45, 2.75) is 0 Å². The van der Waals surface area contributed by atoms with E-state index in [1.54, 1.807) is 0 Å². The van der Waals surface area contributed by atoms with Crippen molar-refractivity contribution >= 4 is 16.6 Å². The summed E-state index contributed by atoms with van der Waals surface area (Å²) in [5.41, 5.74) is 0. The maximum Gasteiger partial charge on any atom is 0.149 e. The van der Waals surface area contributed by atoms with E-state index < -0.39 is 9.84 Å². The molecule has 0 amide bonds. The highest BCUT2D eigenvalue weighted by atomic mass is 32.2. The van der Waals surface area contributed by atoms with E-state index in [4.69, 9.17) is 0 Å². The molecular formula is C4H9NO2S. The van der Waals surface area contributed by atoms with E-state index in [0.717, 1.165) is 0 Å². The minimum atomic E-state index is -2.82. The minimum Gasteiger partial charge on any atom is -0.300 e. The Labute approximate surface area is 49.4 Å². The van der Waals surface area contributed by atoms with Gasteiger partial charge in [0.2, 0.25) is 0 Å². The molecule has 0 aromatic rings. The molecule has 0 bridgehead atoms. The molecule has 0 heterocycles. The van der Waals surface area contributed by atoms with Crippen LogP contribution >= 0.6 is 0 Å². The third kappa shape index (κ3) is 5.62. The maximum absolute atomic E-state index is 10.3. The molecule has 0 spiro atoms. The molecule has 0 unspecified atom stereocenters. The van der Waals surface area contributed by atoms with Crippen LogP contribution in [-0.2, 0) is 9.84 Å². The SMILES string of the molecule is C=NCCS(C)(=O)=O. The summed E-state index contributed by atoms with van der Waals surface area (Å²) in [5, 5.41) is 0. The molecule has 3 nitrogen and oxygen atoms in total. The average Bonchev–Trinajstić information content (AvgIpc) is 1.59. The highest BCUT2D eigenvalue weighted by molar-refractivity contribution is 7.90. The Morgan fingerprint density at radius 3 is 2.25 bits per heavy atom. The smallest absolute Gasteiger partial charge is 0.149 e. The van der Waals surface area contributed by atoms with Crippen LogP contribution in [0, 0.1) is 0 Å². The number of sulfone groups is 1. The van der Waals surface area contributed by atoms with Gasteiger partial charge in [0.15, 0.2) is 0 Å². The van der Waals surface area contributed by atoms with Crippen LogP contribution in [0.1, 0.15) is 0 Å². The van der Waals surface area contributed by atoms with Crippen molar-refractivity contribution in [2.24, 2.45) is 4.99 Å². The molecule has 0 fully saturated rings. The quantitative estimate of drug-likeness (QED) is 0.500. The monoisotopic (exact) mass is 135 g/mol. The Hall–Kier alpha value is -0.380. The Morgan fingerprint density at radius 1 is 1.62 bits per heavy atom. The Kier molecular flexibility index (Phi) is 2.68. The van der Waals surface area contributed by atoms with Gasteiger partial charge in [0.05, 0.1) is 12.3 Å². The predicted molar refractivity (Wildman–Crippen MR) is 34.1 cm³/mol. The second-order valence-electron chi connectivity index (χ2n) is 1.58. The van der Waals surface area contributed by atoms with Gasteiger partial charge in [-0.1, -0.05) is 0 Å². The molecule has 0 aliphatic heterocycles. The van der Waals surface area contributed by atoms with Crippen LogP contribution in [0.2, 0.25) is 0 Å². The van der Waals surface area contributed by atoms with Gasteiger partial charge in [-0.25, -0.2) is 8.42 Å². The molecule has 0 aromatic heterocycles. The van der Waals surface area contributed by atoms with E-state index in [0.29, 0.717) is 6.54 Å². The zero-order valence-corrected chi connectivity index (χ0v) is 5.61. The van der Waals surface area contributed by atoms with Crippen LogP contribution in [0.15, 0.2) is 4.99 Å². The third-order valence-corrected chi connectivity index (χ3v) is 1.54. The summed E-state index contributed by atoms with van der Waals surface area (Å²) in [5.74, 6) is 0.108. The fourth-order valence-electron chi connectivity index (χ4n) is 0.230. The summed E-state index contributed by atoms with van der Waals surface area (Å²) >= 11 is 0. The zero-order chi connectivity index (χ0) is 6.62. The van der Waals surface area contributed by atoms with Gasteiger partial charge in [0.25, 0.3) is 0 Å². The summed E-state index contributed by atoms with van der Waals surface area (Å²) < 4.78 is 20.6. The maximum atomic E-state index is 10.3. The van der Waals surface area contributed by atoms with Crippen LogP contribution in [0.5, 0.6) is 0 Å². The number of rotatable bonds is 3. The Balaban J connectivity index is 3.57. The molecule has 0 saturated carbocycles. The molecule has 8 heavy (non-hydrogen) atoms. The van der Waals surface area contributed by atoms with Gasteiger partial charge < -0.3 is 0 Å². The molecule has 48 valence electrons. The second-order valence-corrected chi connectivity index (χ2v) is 3.84. The fourth-order valence-corrected chi connectivity index (χ4v) is 0.691. The van der Waals surface area contributed by atoms with Crippen LogP contribution in [0.25, 0.3) is 0 Å². The molecule has 0 atom stereocenters. The van der Waals surface area contributed by atoms with Crippen LogP contribution < -0.4 is 0 Å². The van der Waals surface area contributed by atoms with Crippen molar-refractivity contribution in [2.75, 3.05) is 18.6 Å². The lowest BCUT2D eigenvalue weighted by Crippen LogP contribution is -2.04. The molecule has 0 aliphatic carbocycles. The lowest BCUT2D eigenvalue weighted by atomic mass is 10.8.